The van der Waals surface area contributed by atoms with E-state index in [9.17, 15) is 4.79 Å². The van der Waals surface area contributed by atoms with Gasteiger partial charge in [0.1, 0.15) is 0 Å². The minimum Gasteiger partial charge on any atom is -0.395 e. The Balaban J connectivity index is 2.18. The maximum Gasteiger partial charge on any atom is 0.253 e. The third kappa shape index (κ3) is 3.25. The molecule has 2 aromatic carbocycles. The summed E-state index contributed by atoms with van der Waals surface area (Å²) in [5, 5.41) is 8.96. The van der Waals surface area contributed by atoms with Crippen molar-refractivity contribution >= 4 is 5.91 Å². The third-order valence-electron chi connectivity index (χ3n) is 3.28. The largest absolute Gasteiger partial charge is 0.395 e. The van der Waals surface area contributed by atoms with E-state index in [-0.39, 0.29) is 12.5 Å². The lowest BCUT2D eigenvalue weighted by molar-refractivity contribution is 0.0732. The van der Waals surface area contributed by atoms with E-state index in [1.807, 2.05) is 61.5 Å². The molecule has 0 saturated carbocycles. The molecule has 20 heavy (non-hydrogen) atoms. The molecule has 2 aromatic rings. The van der Waals surface area contributed by atoms with Gasteiger partial charge in [0, 0.05) is 18.7 Å². The lowest BCUT2D eigenvalue weighted by Crippen LogP contribution is -2.33. The molecule has 104 valence electrons. The summed E-state index contributed by atoms with van der Waals surface area (Å²) < 4.78 is 0. The van der Waals surface area contributed by atoms with Crippen molar-refractivity contribution in [3.05, 3.63) is 60.2 Å². The Bertz CT molecular complexity index is 549. The van der Waals surface area contributed by atoms with Crippen LogP contribution in [0.5, 0.6) is 0 Å². The number of hydrogen-bond acceptors (Lipinski definition) is 2. The highest BCUT2D eigenvalue weighted by Gasteiger charge is 2.13. The maximum absolute atomic E-state index is 12.2. The van der Waals surface area contributed by atoms with Gasteiger partial charge < -0.3 is 10.0 Å². The van der Waals surface area contributed by atoms with E-state index in [0.717, 1.165) is 11.1 Å². The van der Waals surface area contributed by atoms with Crippen LogP contribution in [-0.4, -0.2) is 35.6 Å². The predicted octanol–water partition coefficient (Wildman–Crippen LogP) is 2.81. The monoisotopic (exact) mass is 269 g/mol. The summed E-state index contributed by atoms with van der Waals surface area (Å²) in [5.74, 6) is -0.0406. The van der Waals surface area contributed by atoms with E-state index in [4.69, 9.17) is 5.11 Å². The summed E-state index contributed by atoms with van der Waals surface area (Å²) in [7, 11) is 0. The molecule has 0 aliphatic rings. The molecule has 0 spiro atoms. The van der Waals surface area contributed by atoms with Crippen LogP contribution in [-0.2, 0) is 0 Å². The van der Waals surface area contributed by atoms with Crippen LogP contribution in [0.25, 0.3) is 11.1 Å². The van der Waals surface area contributed by atoms with Gasteiger partial charge in [0.05, 0.1) is 6.61 Å². The van der Waals surface area contributed by atoms with Crippen molar-refractivity contribution in [1.29, 1.82) is 0 Å². The summed E-state index contributed by atoms with van der Waals surface area (Å²) in [4.78, 5) is 13.9. The molecule has 0 unspecified atom stereocenters. The highest BCUT2D eigenvalue weighted by molar-refractivity contribution is 5.94. The van der Waals surface area contributed by atoms with Crippen LogP contribution in [0.15, 0.2) is 54.6 Å². The number of rotatable bonds is 5. The number of hydrogen-bond donors (Lipinski definition) is 1. The average molecular weight is 269 g/mol. The zero-order chi connectivity index (χ0) is 14.4. The summed E-state index contributed by atoms with van der Waals surface area (Å²) in [6.45, 7) is 2.86. The standard InChI is InChI=1S/C17H19NO2/c1-2-18(12-13-19)17(20)16-10-8-15(9-11-16)14-6-4-3-5-7-14/h3-11,19H,2,12-13H2,1H3. The second-order valence-corrected chi connectivity index (χ2v) is 4.55. The minimum absolute atomic E-state index is 0.0122. The molecular weight excluding hydrogens is 250 g/mol. The van der Waals surface area contributed by atoms with Crippen molar-refractivity contribution in [2.24, 2.45) is 0 Å². The van der Waals surface area contributed by atoms with Crippen LogP contribution in [0.4, 0.5) is 0 Å². The first kappa shape index (κ1) is 14.3. The first-order valence-electron chi connectivity index (χ1n) is 6.82. The number of carbonyl (C=O) groups is 1. The van der Waals surface area contributed by atoms with E-state index in [0.29, 0.717) is 18.7 Å². The van der Waals surface area contributed by atoms with Crippen LogP contribution in [0.3, 0.4) is 0 Å². The highest BCUT2D eigenvalue weighted by Crippen LogP contribution is 2.19. The number of amides is 1. The van der Waals surface area contributed by atoms with Crippen molar-refractivity contribution in [3.63, 3.8) is 0 Å². The Morgan fingerprint density at radius 2 is 1.60 bits per heavy atom. The van der Waals surface area contributed by atoms with E-state index in [1.54, 1.807) is 4.90 Å². The van der Waals surface area contributed by atoms with Gasteiger partial charge in [-0.1, -0.05) is 42.5 Å². The van der Waals surface area contributed by atoms with Crippen molar-refractivity contribution in [1.82, 2.24) is 4.90 Å². The molecule has 0 radical (unpaired) electrons. The normalized spacial score (nSPS) is 10.3. The van der Waals surface area contributed by atoms with Crippen molar-refractivity contribution in [2.45, 2.75) is 6.92 Å². The van der Waals surface area contributed by atoms with Gasteiger partial charge in [-0.05, 0) is 30.2 Å². The van der Waals surface area contributed by atoms with E-state index < -0.39 is 0 Å². The summed E-state index contributed by atoms with van der Waals surface area (Å²) >= 11 is 0. The molecule has 1 amide bonds. The molecule has 3 nitrogen and oxygen atoms in total. The average Bonchev–Trinajstić information content (AvgIpc) is 2.53. The third-order valence-corrected chi connectivity index (χ3v) is 3.28. The van der Waals surface area contributed by atoms with Gasteiger partial charge in [-0.15, -0.1) is 0 Å². The number of aliphatic hydroxyl groups is 1. The molecule has 0 saturated heterocycles. The SMILES string of the molecule is CCN(CCO)C(=O)c1ccc(-c2ccccc2)cc1. The zero-order valence-corrected chi connectivity index (χ0v) is 11.6. The van der Waals surface area contributed by atoms with E-state index in [1.165, 1.54) is 0 Å². The lowest BCUT2D eigenvalue weighted by atomic mass is 10.0. The number of nitrogens with zero attached hydrogens (tertiary/aromatic N) is 1. The first-order valence-corrected chi connectivity index (χ1v) is 6.82. The predicted molar refractivity (Wildman–Crippen MR) is 80.5 cm³/mol. The Kier molecular flexibility index (Phi) is 4.91. The van der Waals surface area contributed by atoms with E-state index in [2.05, 4.69) is 0 Å². The number of likely N-dealkylation sites (N-methyl/N-ethyl adjacent to an activating group) is 1. The molecular formula is C17H19NO2. The van der Waals surface area contributed by atoms with Gasteiger partial charge >= 0.3 is 0 Å². The Labute approximate surface area is 119 Å². The van der Waals surface area contributed by atoms with Gasteiger partial charge in [0.2, 0.25) is 0 Å². The summed E-state index contributed by atoms with van der Waals surface area (Å²) in [6, 6.07) is 17.6. The van der Waals surface area contributed by atoms with Crippen LogP contribution in [0.2, 0.25) is 0 Å². The number of carbonyl (C=O) groups excluding carboxylic acids is 1. The van der Waals surface area contributed by atoms with Crippen LogP contribution in [0, 0.1) is 0 Å². The second kappa shape index (κ2) is 6.87. The number of aliphatic hydroxyl groups excluding tert-OH is 1. The fourth-order valence-corrected chi connectivity index (χ4v) is 2.14. The molecule has 0 aromatic heterocycles. The summed E-state index contributed by atoms with van der Waals surface area (Å²) in [5.41, 5.74) is 2.88. The van der Waals surface area contributed by atoms with Crippen molar-refractivity contribution in [3.8, 4) is 11.1 Å². The van der Waals surface area contributed by atoms with E-state index >= 15 is 0 Å². The Morgan fingerprint density at radius 3 is 2.15 bits per heavy atom. The van der Waals surface area contributed by atoms with Gasteiger partial charge in [-0.3, -0.25) is 4.79 Å². The molecule has 0 bridgehead atoms. The van der Waals surface area contributed by atoms with Gasteiger partial charge in [-0.2, -0.15) is 0 Å². The molecule has 0 aliphatic carbocycles. The van der Waals surface area contributed by atoms with Gasteiger partial charge in [0.15, 0.2) is 0 Å². The van der Waals surface area contributed by atoms with Crippen molar-refractivity contribution < 1.29 is 9.90 Å². The van der Waals surface area contributed by atoms with Gasteiger partial charge in [-0.25, -0.2) is 0 Å². The van der Waals surface area contributed by atoms with Gasteiger partial charge in [0.25, 0.3) is 5.91 Å². The van der Waals surface area contributed by atoms with Crippen LogP contribution < -0.4 is 0 Å². The molecule has 0 aliphatic heterocycles. The molecule has 0 atom stereocenters. The molecule has 0 fully saturated rings. The van der Waals surface area contributed by atoms with Crippen LogP contribution in [0.1, 0.15) is 17.3 Å². The summed E-state index contributed by atoms with van der Waals surface area (Å²) in [6.07, 6.45) is 0. The fourth-order valence-electron chi connectivity index (χ4n) is 2.14. The molecule has 1 N–H and O–H groups in total. The second-order valence-electron chi connectivity index (χ2n) is 4.55. The molecule has 2 rings (SSSR count). The fraction of sp³-hybridized carbons (Fsp3) is 0.235. The first-order chi connectivity index (χ1) is 9.76. The Hall–Kier alpha value is -2.13. The Morgan fingerprint density at radius 1 is 1.00 bits per heavy atom. The molecule has 3 heteroatoms. The quantitative estimate of drug-likeness (QED) is 0.906. The maximum atomic E-state index is 12.2. The topological polar surface area (TPSA) is 40.5 Å². The smallest absolute Gasteiger partial charge is 0.253 e. The van der Waals surface area contributed by atoms with Crippen LogP contribution >= 0.6 is 0 Å². The lowest BCUT2D eigenvalue weighted by Gasteiger charge is -2.19. The molecule has 0 heterocycles. The zero-order valence-electron chi connectivity index (χ0n) is 11.6. The highest BCUT2D eigenvalue weighted by atomic mass is 16.3. The number of benzene rings is 2. The van der Waals surface area contributed by atoms with Crippen molar-refractivity contribution in [2.75, 3.05) is 19.7 Å². The minimum atomic E-state index is -0.0406.